The molecule has 0 bridgehead atoms. The highest BCUT2D eigenvalue weighted by atomic mass is 35.5. The Morgan fingerprint density at radius 3 is 2.23 bits per heavy atom. The van der Waals surface area contributed by atoms with Crippen molar-refractivity contribution in [1.82, 2.24) is 4.98 Å². The van der Waals surface area contributed by atoms with Gasteiger partial charge >= 0.3 is 0 Å². The van der Waals surface area contributed by atoms with E-state index in [2.05, 4.69) is 4.98 Å². The Labute approximate surface area is 234 Å². The van der Waals surface area contributed by atoms with Crippen molar-refractivity contribution in [2.45, 2.75) is 31.7 Å². The predicted octanol–water partition coefficient (Wildman–Crippen LogP) is 6.85. The van der Waals surface area contributed by atoms with Gasteiger partial charge in [0.1, 0.15) is 4.90 Å². The topological polar surface area (TPSA) is 53.5 Å². The van der Waals surface area contributed by atoms with Crippen LogP contribution in [-0.2, 0) is 9.84 Å². The zero-order valence-corrected chi connectivity index (χ0v) is 23.8. The summed E-state index contributed by atoms with van der Waals surface area (Å²) in [6.07, 6.45) is 2.30. The molecule has 0 saturated carbocycles. The quantitative estimate of drug-likeness (QED) is 0.112. The summed E-state index contributed by atoms with van der Waals surface area (Å²) < 4.78 is 82.3. The standard InChI is InChI=1S/C29H26ClF4N3O2S/c1-15-6-5-7-16(2)23(15)18-13-21-19(12-20(18)30)22(8-9-35-21)37-11-10-36(14-17(37)3)28-26(33)24(31)25(32)27(34)29(28)40(4,38)39/h5-9,12-13,17H,10-11,14H2,1-4H3/t17-/m0/s1. The number of pyridine rings is 1. The minimum Gasteiger partial charge on any atom is -0.365 e. The van der Waals surface area contributed by atoms with Crippen molar-refractivity contribution >= 4 is 43.7 Å². The van der Waals surface area contributed by atoms with E-state index < -0.39 is 43.7 Å². The molecule has 1 aliphatic heterocycles. The molecule has 0 radical (unpaired) electrons. The summed E-state index contributed by atoms with van der Waals surface area (Å²) in [6.45, 7) is 6.14. The second kappa shape index (κ2) is 10.2. The normalized spacial score (nSPS) is 16.2. The second-order valence-corrected chi connectivity index (χ2v) is 12.5. The van der Waals surface area contributed by atoms with Crippen LogP contribution < -0.4 is 9.80 Å². The molecule has 5 nitrogen and oxygen atoms in total. The fraction of sp³-hybridized carbons (Fsp3) is 0.276. The molecule has 3 aromatic carbocycles. The van der Waals surface area contributed by atoms with Gasteiger partial charge in [-0.3, -0.25) is 4.98 Å². The first kappa shape index (κ1) is 28.2. The smallest absolute Gasteiger partial charge is 0.199 e. The van der Waals surface area contributed by atoms with E-state index >= 15 is 0 Å². The molecule has 0 spiro atoms. The number of aromatic nitrogens is 1. The SMILES string of the molecule is Cc1cccc(C)c1-c1cc2nccc(N3CCN(c4c(F)c(F)c(F)c(F)c4S(C)(=O)=O)C[C@@H]3C)c2cc1Cl. The summed E-state index contributed by atoms with van der Waals surface area (Å²) in [5, 5.41) is 1.33. The first-order valence-electron chi connectivity index (χ1n) is 12.5. The van der Waals surface area contributed by atoms with Crippen LogP contribution >= 0.6 is 11.6 Å². The molecule has 0 amide bonds. The molecule has 1 aliphatic rings. The average Bonchev–Trinajstić information content (AvgIpc) is 2.88. The van der Waals surface area contributed by atoms with Crippen LogP contribution in [0.3, 0.4) is 0 Å². The van der Waals surface area contributed by atoms with Crippen molar-refractivity contribution in [3.8, 4) is 11.1 Å². The average molecular weight is 592 g/mol. The second-order valence-electron chi connectivity index (χ2n) is 10.1. The Balaban J connectivity index is 1.54. The van der Waals surface area contributed by atoms with E-state index in [4.69, 9.17) is 11.6 Å². The third-order valence-electron chi connectivity index (χ3n) is 7.38. The zero-order valence-electron chi connectivity index (χ0n) is 22.2. The van der Waals surface area contributed by atoms with Gasteiger partial charge in [0.25, 0.3) is 0 Å². The maximum absolute atomic E-state index is 14.9. The van der Waals surface area contributed by atoms with Gasteiger partial charge in [-0.1, -0.05) is 29.8 Å². The van der Waals surface area contributed by atoms with Crippen LogP contribution in [0.15, 0.2) is 47.5 Å². The summed E-state index contributed by atoms with van der Waals surface area (Å²) in [7, 11) is -4.43. The molecule has 2 heterocycles. The van der Waals surface area contributed by atoms with Gasteiger partial charge in [-0.2, -0.15) is 0 Å². The molecule has 0 unspecified atom stereocenters. The van der Waals surface area contributed by atoms with Gasteiger partial charge < -0.3 is 9.80 Å². The number of hydrogen-bond acceptors (Lipinski definition) is 5. The number of halogens is 5. The Morgan fingerprint density at radius 1 is 0.950 bits per heavy atom. The van der Waals surface area contributed by atoms with E-state index in [1.807, 2.05) is 62.1 Å². The molecule has 11 heteroatoms. The van der Waals surface area contributed by atoms with Gasteiger partial charge in [0.2, 0.25) is 0 Å². The number of benzene rings is 3. The molecule has 0 N–H and O–H groups in total. The minimum atomic E-state index is -4.43. The Hall–Kier alpha value is -3.37. The summed E-state index contributed by atoms with van der Waals surface area (Å²) in [5.74, 6) is -7.88. The molecular weight excluding hydrogens is 566 g/mol. The molecule has 1 saturated heterocycles. The maximum atomic E-state index is 14.9. The third-order valence-corrected chi connectivity index (χ3v) is 8.81. The van der Waals surface area contributed by atoms with Crippen molar-refractivity contribution in [2.75, 3.05) is 35.7 Å². The van der Waals surface area contributed by atoms with Gasteiger partial charge in [-0.15, -0.1) is 0 Å². The summed E-state index contributed by atoms with van der Waals surface area (Å²) in [6, 6.07) is 11.3. The fourth-order valence-corrected chi connectivity index (χ4v) is 6.82. The van der Waals surface area contributed by atoms with E-state index in [-0.39, 0.29) is 25.7 Å². The number of hydrogen-bond donors (Lipinski definition) is 0. The molecule has 210 valence electrons. The van der Waals surface area contributed by atoms with Crippen LogP contribution in [0.2, 0.25) is 5.02 Å². The first-order valence-corrected chi connectivity index (χ1v) is 14.8. The van der Waals surface area contributed by atoms with E-state index in [9.17, 15) is 26.0 Å². The Kier molecular flexibility index (Phi) is 7.20. The van der Waals surface area contributed by atoms with E-state index in [1.165, 1.54) is 4.90 Å². The number of aryl methyl sites for hydroxylation is 2. The van der Waals surface area contributed by atoms with Gasteiger partial charge in [0.05, 0.1) is 11.2 Å². The molecule has 5 rings (SSSR count). The van der Waals surface area contributed by atoms with Crippen molar-refractivity contribution in [2.24, 2.45) is 0 Å². The summed E-state index contributed by atoms with van der Waals surface area (Å²) in [4.78, 5) is 6.63. The summed E-state index contributed by atoms with van der Waals surface area (Å²) >= 11 is 6.80. The number of rotatable bonds is 4. The van der Waals surface area contributed by atoms with Crippen LogP contribution in [0.5, 0.6) is 0 Å². The Bertz CT molecular complexity index is 1760. The third kappa shape index (κ3) is 4.66. The van der Waals surface area contributed by atoms with Gasteiger partial charge in [-0.05, 0) is 55.7 Å². The molecule has 4 aromatic rings. The lowest BCUT2D eigenvalue weighted by molar-refractivity contribution is 0.394. The van der Waals surface area contributed by atoms with Crippen molar-refractivity contribution in [1.29, 1.82) is 0 Å². The number of fused-ring (bicyclic) bond motifs is 1. The number of piperazine rings is 1. The molecule has 0 aliphatic carbocycles. The molecule has 1 fully saturated rings. The van der Waals surface area contributed by atoms with Gasteiger partial charge in [-0.25, -0.2) is 26.0 Å². The van der Waals surface area contributed by atoms with E-state index in [0.29, 0.717) is 16.8 Å². The lowest BCUT2D eigenvalue weighted by Gasteiger charge is -2.43. The fourth-order valence-electron chi connectivity index (χ4n) is 5.57. The highest BCUT2D eigenvalue weighted by Gasteiger charge is 2.36. The number of nitrogens with zero attached hydrogens (tertiary/aromatic N) is 3. The van der Waals surface area contributed by atoms with E-state index in [1.54, 1.807) is 6.20 Å². The Morgan fingerprint density at radius 2 is 1.60 bits per heavy atom. The zero-order chi connectivity index (χ0) is 29.1. The highest BCUT2D eigenvalue weighted by molar-refractivity contribution is 7.90. The van der Waals surface area contributed by atoms with Crippen molar-refractivity contribution < 1.29 is 26.0 Å². The van der Waals surface area contributed by atoms with E-state index in [0.717, 1.165) is 33.3 Å². The predicted molar refractivity (Wildman–Crippen MR) is 150 cm³/mol. The van der Waals surface area contributed by atoms with Crippen LogP contribution in [0.25, 0.3) is 22.0 Å². The number of sulfone groups is 1. The highest BCUT2D eigenvalue weighted by Crippen LogP contribution is 2.40. The van der Waals surface area contributed by atoms with Gasteiger partial charge in [0, 0.05) is 59.8 Å². The van der Waals surface area contributed by atoms with Crippen molar-refractivity contribution in [3.05, 3.63) is 82.0 Å². The number of anilines is 2. The lowest BCUT2D eigenvalue weighted by Crippen LogP contribution is -2.53. The largest absolute Gasteiger partial charge is 0.365 e. The van der Waals surface area contributed by atoms with Crippen molar-refractivity contribution in [3.63, 3.8) is 0 Å². The molecule has 40 heavy (non-hydrogen) atoms. The lowest BCUT2D eigenvalue weighted by atomic mass is 9.94. The van der Waals surface area contributed by atoms with Gasteiger partial charge in [0.15, 0.2) is 33.1 Å². The first-order chi connectivity index (χ1) is 18.8. The summed E-state index contributed by atoms with van der Waals surface area (Å²) in [5.41, 5.74) is 4.76. The maximum Gasteiger partial charge on any atom is 0.199 e. The van der Waals surface area contributed by atoms with Crippen LogP contribution in [0.1, 0.15) is 18.1 Å². The monoisotopic (exact) mass is 591 g/mol. The molecule has 1 aromatic heterocycles. The molecule has 1 atom stereocenters. The minimum absolute atomic E-state index is 0.0159. The van der Waals surface area contributed by atoms with Crippen LogP contribution in [0, 0.1) is 37.1 Å². The van der Waals surface area contributed by atoms with Crippen LogP contribution in [0.4, 0.5) is 28.9 Å². The molecular formula is C29H26ClF4N3O2S. The van der Waals surface area contributed by atoms with Crippen LogP contribution in [-0.4, -0.2) is 45.3 Å².